The second kappa shape index (κ2) is 10.7. The average Bonchev–Trinajstić information content (AvgIpc) is 3.33. The maximum Gasteiger partial charge on any atom is 0.416 e. The van der Waals surface area contributed by atoms with Gasteiger partial charge in [-0.05, 0) is 68.3 Å². The summed E-state index contributed by atoms with van der Waals surface area (Å²) < 4.78 is 39.1. The number of nitrogens with one attached hydrogen (secondary N) is 4. The van der Waals surface area contributed by atoms with Gasteiger partial charge >= 0.3 is 12.2 Å². The quantitative estimate of drug-likeness (QED) is 0.243. The van der Waals surface area contributed by atoms with Gasteiger partial charge in [0.1, 0.15) is 15.5 Å². The van der Waals surface area contributed by atoms with Gasteiger partial charge in [-0.25, -0.2) is 14.8 Å². The Morgan fingerprint density at radius 3 is 2.62 bits per heavy atom. The van der Waals surface area contributed by atoms with Gasteiger partial charge in [0.15, 0.2) is 0 Å². The molecule has 0 bridgehead atoms. The highest BCUT2D eigenvalue weighted by molar-refractivity contribution is 7.21. The fraction of sp³-hybridized carbons (Fsp3) is 0.250. The van der Waals surface area contributed by atoms with E-state index in [1.165, 1.54) is 28.4 Å². The number of urea groups is 1. The lowest BCUT2D eigenvalue weighted by molar-refractivity contribution is -0.137. The van der Waals surface area contributed by atoms with Crippen molar-refractivity contribution >= 4 is 62.3 Å². The number of rotatable bonds is 5. The Balaban J connectivity index is 1.28. The number of thiophene rings is 1. The second-order valence-electron chi connectivity index (χ2n) is 9.98. The zero-order valence-corrected chi connectivity index (χ0v) is 22.9. The first kappa shape index (κ1) is 27.6. The third kappa shape index (κ3) is 5.14. The van der Waals surface area contributed by atoms with E-state index in [0.29, 0.717) is 44.3 Å². The summed E-state index contributed by atoms with van der Waals surface area (Å²) in [5.41, 5.74) is 1.20. The van der Waals surface area contributed by atoms with Gasteiger partial charge in [-0.3, -0.25) is 14.5 Å². The number of hydrogen-bond acceptors (Lipinski definition) is 7. The minimum Gasteiger partial charge on any atom is -0.347 e. The van der Waals surface area contributed by atoms with Gasteiger partial charge in [0, 0.05) is 30.5 Å². The van der Waals surface area contributed by atoms with Crippen LogP contribution in [0.4, 0.5) is 40.8 Å². The van der Waals surface area contributed by atoms with Crippen molar-refractivity contribution in [3.05, 3.63) is 70.4 Å². The molecule has 216 valence electrons. The van der Waals surface area contributed by atoms with E-state index in [4.69, 9.17) is 0 Å². The van der Waals surface area contributed by atoms with E-state index in [2.05, 4.69) is 31.2 Å². The Morgan fingerprint density at radius 1 is 1.07 bits per heavy atom. The largest absolute Gasteiger partial charge is 0.416 e. The van der Waals surface area contributed by atoms with E-state index in [1.807, 2.05) is 0 Å². The SMILES string of the molecule is Cc1cc(C(=O)Nc2cc(C(F)(F)F)ccn2)ccc1N1C(=O)Nc2c(C(=O)NC3CCCNC3)sc3nccc1c23. The van der Waals surface area contributed by atoms with Crippen molar-refractivity contribution in [1.29, 1.82) is 0 Å². The molecular weight excluding hydrogens is 571 g/mol. The van der Waals surface area contributed by atoms with E-state index < -0.39 is 23.7 Å². The number of hydrogen-bond donors (Lipinski definition) is 4. The van der Waals surface area contributed by atoms with Gasteiger partial charge in [0.25, 0.3) is 11.8 Å². The summed E-state index contributed by atoms with van der Waals surface area (Å²) in [5.74, 6) is -1.17. The van der Waals surface area contributed by atoms with E-state index in [0.717, 1.165) is 37.7 Å². The molecule has 2 aliphatic rings. The number of piperidine rings is 1. The van der Waals surface area contributed by atoms with E-state index >= 15 is 0 Å². The predicted molar refractivity (Wildman–Crippen MR) is 153 cm³/mol. The zero-order valence-electron chi connectivity index (χ0n) is 22.1. The third-order valence-corrected chi connectivity index (χ3v) is 8.21. The number of aryl methyl sites for hydroxylation is 1. The van der Waals surface area contributed by atoms with Crippen molar-refractivity contribution in [2.75, 3.05) is 28.6 Å². The Hall–Kier alpha value is -4.56. The van der Waals surface area contributed by atoms with Crippen LogP contribution in [0.2, 0.25) is 0 Å². The minimum absolute atomic E-state index is 0.00499. The Morgan fingerprint density at radius 2 is 1.88 bits per heavy atom. The van der Waals surface area contributed by atoms with Crippen LogP contribution in [0, 0.1) is 6.92 Å². The predicted octanol–water partition coefficient (Wildman–Crippen LogP) is 5.44. The van der Waals surface area contributed by atoms with Crippen molar-refractivity contribution in [2.45, 2.75) is 32.0 Å². The molecular formula is C28H24F3N7O3S. The number of aromatic nitrogens is 2. The highest BCUT2D eigenvalue weighted by atomic mass is 32.1. The number of carbonyl (C=O) groups is 3. The molecule has 1 saturated heterocycles. The number of nitrogens with zero attached hydrogens (tertiary/aromatic N) is 3. The number of pyridine rings is 2. The van der Waals surface area contributed by atoms with Gasteiger partial charge in [-0.1, -0.05) is 0 Å². The summed E-state index contributed by atoms with van der Waals surface area (Å²) in [6.07, 6.45) is -0.211. The Bertz CT molecular complexity index is 1730. The highest BCUT2D eigenvalue weighted by Crippen LogP contribution is 2.46. The molecule has 1 aromatic carbocycles. The maximum atomic E-state index is 13.5. The fourth-order valence-electron chi connectivity index (χ4n) is 5.12. The van der Waals surface area contributed by atoms with E-state index in [1.54, 1.807) is 25.3 Å². The topological polar surface area (TPSA) is 128 Å². The van der Waals surface area contributed by atoms with Crippen LogP contribution in [0.15, 0.2) is 48.8 Å². The summed E-state index contributed by atoms with van der Waals surface area (Å²) in [6.45, 7) is 3.30. The van der Waals surface area contributed by atoms with Gasteiger partial charge < -0.3 is 21.3 Å². The van der Waals surface area contributed by atoms with Crippen LogP contribution in [-0.4, -0.2) is 46.9 Å². The monoisotopic (exact) mass is 595 g/mol. The molecule has 6 rings (SSSR count). The summed E-state index contributed by atoms with van der Waals surface area (Å²) in [5, 5.41) is 12.2. The van der Waals surface area contributed by atoms with Crippen LogP contribution in [0.25, 0.3) is 10.2 Å². The summed E-state index contributed by atoms with van der Waals surface area (Å²) in [7, 11) is 0. The lowest BCUT2D eigenvalue weighted by Gasteiger charge is -2.30. The first-order valence-electron chi connectivity index (χ1n) is 13.1. The highest BCUT2D eigenvalue weighted by Gasteiger charge is 2.34. The molecule has 3 aromatic heterocycles. The van der Waals surface area contributed by atoms with Crippen molar-refractivity contribution in [2.24, 2.45) is 0 Å². The normalized spacial score (nSPS) is 16.7. The Kier molecular flexibility index (Phi) is 7.02. The molecule has 5 heterocycles. The van der Waals surface area contributed by atoms with Crippen LogP contribution >= 0.6 is 11.3 Å². The van der Waals surface area contributed by atoms with Crippen LogP contribution < -0.4 is 26.2 Å². The minimum atomic E-state index is -4.58. The molecule has 4 aromatic rings. The third-order valence-electron chi connectivity index (χ3n) is 7.11. The summed E-state index contributed by atoms with van der Waals surface area (Å²) in [6, 6.07) is 7.34. The van der Waals surface area contributed by atoms with Crippen LogP contribution in [0.3, 0.4) is 0 Å². The van der Waals surface area contributed by atoms with Crippen LogP contribution in [0.1, 0.15) is 44.0 Å². The zero-order chi connectivity index (χ0) is 29.6. The number of halogens is 3. The lowest BCUT2D eigenvalue weighted by Crippen LogP contribution is -2.45. The maximum absolute atomic E-state index is 13.5. The molecule has 4 N–H and O–H groups in total. The number of amides is 4. The molecule has 0 radical (unpaired) electrons. The summed E-state index contributed by atoms with van der Waals surface area (Å²) >= 11 is 1.20. The molecule has 14 heteroatoms. The molecule has 10 nitrogen and oxygen atoms in total. The molecule has 1 atom stereocenters. The number of benzene rings is 1. The molecule has 0 aliphatic carbocycles. The average molecular weight is 596 g/mol. The van der Waals surface area contributed by atoms with Crippen molar-refractivity contribution in [1.82, 2.24) is 20.6 Å². The first-order chi connectivity index (χ1) is 20.1. The Labute approximate surface area is 241 Å². The lowest BCUT2D eigenvalue weighted by atomic mass is 10.1. The fourth-order valence-corrected chi connectivity index (χ4v) is 6.14. The van der Waals surface area contributed by atoms with Crippen LogP contribution in [0.5, 0.6) is 0 Å². The van der Waals surface area contributed by atoms with E-state index in [9.17, 15) is 27.6 Å². The van der Waals surface area contributed by atoms with Gasteiger partial charge in [-0.15, -0.1) is 11.3 Å². The number of carbonyl (C=O) groups excluding carboxylic acids is 3. The van der Waals surface area contributed by atoms with E-state index in [-0.39, 0.29) is 23.3 Å². The molecule has 1 fully saturated rings. The van der Waals surface area contributed by atoms with Crippen molar-refractivity contribution in [3.8, 4) is 0 Å². The first-order valence-corrected chi connectivity index (χ1v) is 13.9. The number of alkyl halides is 3. The standard InChI is InChI=1S/C28H24F3N7O3S/c1-14-11-15(24(39)36-20-12-16(6-9-33-20)28(29,30)31)4-5-18(14)38-19-7-10-34-26-21(19)22(37-27(38)41)23(42-26)25(40)35-17-3-2-8-32-13-17/h4-7,9-12,17,32H,2-3,8,13H2,1H3,(H,35,40)(H,37,41)(H,33,36,39). The molecule has 1 unspecified atom stereocenters. The molecule has 4 amide bonds. The molecule has 42 heavy (non-hydrogen) atoms. The van der Waals surface area contributed by atoms with Gasteiger partial charge in [0.2, 0.25) is 0 Å². The van der Waals surface area contributed by atoms with Gasteiger partial charge in [0.05, 0.1) is 28.0 Å². The molecule has 2 aliphatic heterocycles. The molecule has 0 saturated carbocycles. The van der Waals surface area contributed by atoms with Crippen molar-refractivity contribution in [3.63, 3.8) is 0 Å². The summed E-state index contributed by atoms with van der Waals surface area (Å²) in [4.78, 5) is 50.1. The van der Waals surface area contributed by atoms with Crippen LogP contribution in [-0.2, 0) is 6.18 Å². The number of anilines is 4. The van der Waals surface area contributed by atoms with Crippen molar-refractivity contribution < 1.29 is 27.6 Å². The van der Waals surface area contributed by atoms with Gasteiger partial charge in [-0.2, -0.15) is 13.2 Å². The molecule has 0 spiro atoms. The second-order valence-corrected chi connectivity index (χ2v) is 11.0. The smallest absolute Gasteiger partial charge is 0.347 e.